The highest BCUT2D eigenvalue weighted by Crippen LogP contribution is 2.33. The summed E-state index contributed by atoms with van der Waals surface area (Å²) >= 11 is 3.19. The average molecular weight is 295 g/mol. The molecule has 0 amide bonds. The standard InChI is InChI=1S/C12H4BrFO3/c13-5-3-7-9(14)2-1-6-10(7)8(4-5)12(16)17-11(6)15/h1-4H. The van der Waals surface area contributed by atoms with Crippen molar-refractivity contribution in [3.8, 4) is 0 Å². The maximum absolute atomic E-state index is 13.7. The van der Waals surface area contributed by atoms with E-state index in [0.717, 1.165) is 0 Å². The topological polar surface area (TPSA) is 43.4 Å². The third-order valence-corrected chi connectivity index (χ3v) is 3.11. The van der Waals surface area contributed by atoms with Crippen LogP contribution in [0.2, 0.25) is 0 Å². The first-order chi connectivity index (χ1) is 8.08. The number of hydrogen-bond acceptors (Lipinski definition) is 3. The molecule has 0 bridgehead atoms. The van der Waals surface area contributed by atoms with Crippen LogP contribution in [0.4, 0.5) is 4.39 Å². The number of cyclic esters (lactones) is 2. The summed E-state index contributed by atoms with van der Waals surface area (Å²) in [4.78, 5) is 23.1. The lowest BCUT2D eigenvalue weighted by Crippen LogP contribution is -2.19. The summed E-state index contributed by atoms with van der Waals surface area (Å²) in [6.45, 7) is 0. The number of esters is 2. The van der Waals surface area contributed by atoms with Crippen LogP contribution in [0.25, 0.3) is 10.8 Å². The summed E-state index contributed by atoms with van der Waals surface area (Å²) in [5, 5.41) is 0.548. The van der Waals surface area contributed by atoms with Crippen LogP contribution in [0.1, 0.15) is 20.7 Å². The lowest BCUT2D eigenvalue weighted by atomic mass is 9.97. The zero-order chi connectivity index (χ0) is 12.2. The molecular weight excluding hydrogens is 291 g/mol. The van der Waals surface area contributed by atoms with E-state index < -0.39 is 17.8 Å². The molecule has 1 aliphatic rings. The normalized spacial score (nSPS) is 14.0. The Morgan fingerprint density at radius 3 is 2.53 bits per heavy atom. The molecule has 17 heavy (non-hydrogen) atoms. The Morgan fingerprint density at radius 1 is 1.06 bits per heavy atom. The van der Waals surface area contributed by atoms with Crippen LogP contribution in [0, 0.1) is 5.82 Å². The number of ether oxygens (including phenoxy) is 1. The third-order valence-electron chi connectivity index (χ3n) is 2.65. The maximum atomic E-state index is 13.7. The van der Waals surface area contributed by atoms with Crippen LogP contribution in [0.3, 0.4) is 0 Å². The summed E-state index contributed by atoms with van der Waals surface area (Å²) in [7, 11) is 0. The van der Waals surface area contributed by atoms with E-state index in [2.05, 4.69) is 20.7 Å². The lowest BCUT2D eigenvalue weighted by Gasteiger charge is -2.15. The SMILES string of the molecule is O=C1OC(=O)c2cc(Br)cc3c(F)ccc1c23. The van der Waals surface area contributed by atoms with E-state index >= 15 is 0 Å². The first-order valence-corrected chi connectivity index (χ1v) is 5.55. The quantitative estimate of drug-likeness (QED) is 0.554. The first-order valence-electron chi connectivity index (χ1n) is 4.76. The second-order valence-electron chi connectivity index (χ2n) is 3.65. The lowest BCUT2D eigenvalue weighted by molar-refractivity contribution is 0.0391. The van der Waals surface area contributed by atoms with Crippen LogP contribution in [0.15, 0.2) is 28.7 Å². The van der Waals surface area contributed by atoms with Crippen molar-refractivity contribution in [1.82, 2.24) is 0 Å². The van der Waals surface area contributed by atoms with Crippen molar-refractivity contribution in [2.75, 3.05) is 0 Å². The van der Waals surface area contributed by atoms with Gasteiger partial charge in [0.15, 0.2) is 0 Å². The largest absolute Gasteiger partial charge is 0.386 e. The number of carbonyl (C=O) groups is 2. The fourth-order valence-electron chi connectivity index (χ4n) is 1.94. The fourth-order valence-corrected chi connectivity index (χ4v) is 2.40. The number of hydrogen-bond donors (Lipinski definition) is 0. The van der Waals surface area contributed by atoms with Crippen LogP contribution < -0.4 is 0 Å². The molecule has 84 valence electrons. The van der Waals surface area contributed by atoms with E-state index in [1.54, 1.807) is 0 Å². The Bertz CT molecular complexity index is 694. The van der Waals surface area contributed by atoms with Gasteiger partial charge in [-0.3, -0.25) is 0 Å². The van der Waals surface area contributed by atoms with E-state index in [1.165, 1.54) is 24.3 Å². The van der Waals surface area contributed by atoms with Gasteiger partial charge in [0.1, 0.15) is 5.82 Å². The second-order valence-corrected chi connectivity index (χ2v) is 4.56. The summed E-state index contributed by atoms with van der Waals surface area (Å²) in [5.74, 6) is -1.97. The van der Waals surface area contributed by atoms with Gasteiger partial charge in [-0.15, -0.1) is 0 Å². The Kier molecular flexibility index (Phi) is 2.06. The maximum Gasteiger partial charge on any atom is 0.346 e. The van der Waals surface area contributed by atoms with Crippen molar-refractivity contribution in [2.24, 2.45) is 0 Å². The number of carbonyl (C=O) groups excluding carboxylic acids is 2. The molecule has 5 heteroatoms. The second kappa shape index (κ2) is 3.37. The molecule has 0 aromatic heterocycles. The molecule has 0 radical (unpaired) electrons. The van der Waals surface area contributed by atoms with E-state index in [-0.39, 0.29) is 16.5 Å². The predicted molar refractivity (Wildman–Crippen MR) is 61.4 cm³/mol. The Hall–Kier alpha value is -1.75. The average Bonchev–Trinajstić information content (AvgIpc) is 2.27. The molecule has 0 unspecified atom stereocenters. The molecule has 0 fully saturated rings. The molecule has 3 rings (SSSR count). The summed E-state index contributed by atoms with van der Waals surface area (Å²) in [6, 6.07) is 5.55. The molecule has 0 spiro atoms. The van der Waals surface area contributed by atoms with Gasteiger partial charge in [0, 0.05) is 15.2 Å². The van der Waals surface area contributed by atoms with Gasteiger partial charge < -0.3 is 4.74 Å². The van der Waals surface area contributed by atoms with E-state index in [4.69, 9.17) is 0 Å². The van der Waals surface area contributed by atoms with Gasteiger partial charge in [0.2, 0.25) is 0 Å². The molecule has 0 atom stereocenters. The Labute approximate surface area is 103 Å². The summed E-state index contributed by atoms with van der Waals surface area (Å²) in [6.07, 6.45) is 0. The van der Waals surface area contributed by atoms with Gasteiger partial charge in [-0.05, 0) is 24.3 Å². The van der Waals surface area contributed by atoms with Gasteiger partial charge in [-0.1, -0.05) is 15.9 Å². The highest BCUT2D eigenvalue weighted by Gasteiger charge is 2.28. The molecule has 1 heterocycles. The van der Waals surface area contributed by atoms with Crippen molar-refractivity contribution < 1.29 is 18.7 Å². The van der Waals surface area contributed by atoms with Crippen LogP contribution in [0.5, 0.6) is 0 Å². The molecule has 0 saturated heterocycles. The van der Waals surface area contributed by atoms with Crippen LogP contribution in [-0.2, 0) is 4.74 Å². The predicted octanol–water partition coefficient (Wildman–Crippen LogP) is 3.05. The summed E-state index contributed by atoms with van der Waals surface area (Å²) < 4.78 is 18.8. The molecule has 2 aromatic rings. The highest BCUT2D eigenvalue weighted by atomic mass is 79.9. The van der Waals surface area contributed by atoms with E-state index in [9.17, 15) is 14.0 Å². The molecule has 0 N–H and O–H groups in total. The van der Waals surface area contributed by atoms with Gasteiger partial charge in [-0.25, -0.2) is 14.0 Å². The van der Waals surface area contributed by atoms with Gasteiger partial charge >= 0.3 is 11.9 Å². The van der Waals surface area contributed by atoms with Crippen molar-refractivity contribution in [1.29, 1.82) is 0 Å². The number of halogens is 2. The molecule has 0 aliphatic carbocycles. The van der Waals surface area contributed by atoms with Gasteiger partial charge in [0.25, 0.3) is 0 Å². The minimum absolute atomic E-state index is 0.198. The van der Waals surface area contributed by atoms with Crippen molar-refractivity contribution >= 4 is 38.6 Å². The fraction of sp³-hybridized carbons (Fsp3) is 0. The smallest absolute Gasteiger partial charge is 0.346 e. The molecular formula is C12H4BrFO3. The third kappa shape index (κ3) is 1.39. The molecule has 1 aliphatic heterocycles. The number of benzene rings is 2. The highest BCUT2D eigenvalue weighted by molar-refractivity contribution is 9.10. The van der Waals surface area contributed by atoms with Crippen molar-refractivity contribution in [2.45, 2.75) is 0 Å². The molecule has 0 saturated carbocycles. The van der Waals surface area contributed by atoms with Gasteiger partial charge in [0.05, 0.1) is 11.1 Å². The molecule has 2 aromatic carbocycles. The monoisotopic (exact) mass is 294 g/mol. The van der Waals surface area contributed by atoms with Crippen molar-refractivity contribution in [3.63, 3.8) is 0 Å². The summed E-state index contributed by atoms with van der Waals surface area (Å²) in [5.41, 5.74) is 0.409. The zero-order valence-electron chi connectivity index (χ0n) is 8.29. The Morgan fingerprint density at radius 2 is 1.76 bits per heavy atom. The van der Waals surface area contributed by atoms with Gasteiger partial charge in [-0.2, -0.15) is 0 Å². The molecule has 3 nitrogen and oxygen atoms in total. The van der Waals surface area contributed by atoms with Crippen LogP contribution in [-0.4, -0.2) is 11.9 Å². The number of rotatable bonds is 0. The first kappa shape index (κ1) is 10.4. The van der Waals surface area contributed by atoms with Crippen LogP contribution >= 0.6 is 15.9 Å². The minimum Gasteiger partial charge on any atom is -0.386 e. The van der Waals surface area contributed by atoms with E-state index in [1.807, 2.05) is 0 Å². The van der Waals surface area contributed by atoms with Crippen molar-refractivity contribution in [3.05, 3.63) is 45.7 Å². The minimum atomic E-state index is -0.751. The van der Waals surface area contributed by atoms with E-state index in [0.29, 0.717) is 9.86 Å². The Balaban J connectivity index is 2.58. The zero-order valence-corrected chi connectivity index (χ0v) is 9.88.